The van der Waals surface area contributed by atoms with E-state index in [9.17, 15) is 62.3 Å². The summed E-state index contributed by atoms with van der Waals surface area (Å²) in [4.78, 5) is 16.7. The van der Waals surface area contributed by atoms with Gasteiger partial charge in [0.1, 0.15) is 0 Å². The number of carbonyl (C=O) groups excluding carboxylic acids is 1. The van der Waals surface area contributed by atoms with E-state index in [-0.39, 0.29) is 24.3 Å². The Hall–Kier alpha value is -1.42. The van der Waals surface area contributed by atoms with E-state index in [2.05, 4.69) is 4.74 Å². The molecule has 0 heterocycles. The molecule has 0 atom stereocenters. The molecule has 0 aromatic rings. The second-order valence-electron chi connectivity index (χ2n) is 4.64. The quantitative estimate of drug-likeness (QED) is 0.252. The molecule has 7 nitrogen and oxygen atoms in total. The number of alkyl halides is 12. The van der Waals surface area contributed by atoms with Gasteiger partial charge in [0.05, 0.1) is 20.0 Å². The van der Waals surface area contributed by atoms with Gasteiger partial charge in [0.25, 0.3) is 0 Å². The molecule has 0 unspecified atom stereocenters. The van der Waals surface area contributed by atoms with Gasteiger partial charge in [0, 0.05) is 13.1 Å². The smallest absolute Gasteiger partial charge is 0.870 e. The monoisotopic (exact) mass is 488 g/mol. The summed E-state index contributed by atoms with van der Waals surface area (Å²) in [6.45, 7) is -3.16. The Morgan fingerprint density at radius 3 is 1.16 bits per heavy atom. The number of rotatable bonds is 6. The van der Waals surface area contributed by atoms with E-state index in [1.54, 1.807) is 0 Å². The van der Waals surface area contributed by atoms with Crippen molar-refractivity contribution in [3.8, 4) is 0 Å². The van der Waals surface area contributed by atoms with Gasteiger partial charge in [-0.1, -0.05) is 0 Å². The summed E-state index contributed by atoms with van der Waals surface area (Å²) in [6.07, 6.45) is -24.6. The standard InChI is InChI=1S/C6H7F6NO2.C5H5F6NO2.Li.H2O/c1-15-4(14)2-3-13(5(7,8)9)6(10,11)12;6-4(7,8)12(5(9,10)11)2-1-3(13)14;;/h2-3H2,1H3;1-2H2,(H,13,14);;1H2/q;;+1;/p-1. The third kappa shape index (κ3) is 16.9. The van der Waals surface area contributed by atoms with Crippen LogP contribution in [0.25, 0.3) is 0 Å². The minimum Gasteiger partial charge on any atom is -0.870 e. The van der Waals surface area contributed by atoms with Gasteiger partial charge in [-0.25, -0.2) is 0 Å². The van der Waals surface area contributed by atoms with Crippen LogP contribution in [0.2, 0.25) is 0 Å². The number of halogens is 12. The average Bonchev–Trinajstić information content (AvgIpc) is 2.41. The zero-order chi connectivity index (χ0) is 23.8. The molecular weight excluding hydrogens is 475 g/mol. The fourth-order valence-electron chi connectivity index (χ4n) is 1.31. The first-order chi connectivity index (χ1) is 12.6. The van der Waals surface area contributed by atoms with Crippen LogP contribution in [0.3, 0.4) is 0 Å². The molecule has 0 bridgehead atoms. The third-order valence-electron chi connectivity index (χ3n) is 2.54. The number of nitrogens with zero attached hydrogens (tertiary/aromatic N) is 2. The maximum Gasteiger partial charge on any atom is 1.00 e. The molecule has 2 N–H and O–H groups in total. The largest absolute Gasteiger partial charge is 1.00 e. The Morgan fingerprint density at radius 2 is 0.968 bits per heavy atom. The van der Waals surface area contributed by atoms with Gasteiger partial charge < -0.3 is 15.3 Å². The third-order valence-corrected chi connectivity index (χ3v) is 2.54. The van der Waals surface area contributed by atoms with E-state index in [0.717, 1.165) is 7.11 Å². The number of carboxylic acids is 1. The van der Waals surface area contributed by atoms with Gasteiger partial charge in [0.15, 0.2) is 0 Å². The number of aliphatic carboxylic acids is 1. The molecule has 0 fully saturated rings. The second kappa shape index (κ2) is 13.9. The van der Waals surface area contributed by atoms with Crippen LogP contribution in [-0.4, -0.2) is 77.7 Å². The Labute approximate surface area is 177 Å². The van der Waals surface area contributed by atoms with Crippen LogP contribution in [0.15, 0.2) is 0 Å². The van der Waals surface area contributed by atoms with Gasteiger partial charge in [-0.05, 0) is 0 Å². The van der Waals surface area contributed by atoms with E-state index in [0.29, 0.717) is 0 Å². The molecule has 0 radical (unpaired) electrons. The molecule has 0 aromatic heterocycles. The first-order valence-electron chi connectivity index (χ1n) is 6.75. The zero-order valence-corrected chi connectivity index (χ0v) is 15.4. The van der Waals surface area contributed by atoms with Gasteiger partial charge >= 0.3 is 56.0 Å². The molecule has 0 aliphatic carbocycles. The summed E-state index contributed by atoms with van der Waals surface area (Å²) >= 11 is 0. The minimum absolute atomic E-state index is 0. The molecule has 20 heteroatoms. The van der Waals surface area contributed by atoms with Crippen LogP contribution in [0.5, 0.6) is 0 Å². The van der Waals surface area contributed by atoms with E-state index >= 15 is 0 Å². The van der Waals surface area contributed by atoms with Crippen molar-refractivity contribution in [1.82, 2.24) is 9.80 Å². The number of hydrogen-bond acceptors (Lipinski definition) is 6. The second-order valence-corrected chi connectivity index (χ2v) is 4.64. The number of carboxylic acid groups (broad SMARTS) is 1. The molecule has 0 aliphatic heterocycles. The van der Waals surface area contributed by atoms with Crippen LogP contribution in [0, 0.1) is 0 Å². The SMILES string of the molecule is COC(=O)CCN(C(F)(F)F)C(F)(F)F.O=C(O)CCN(C(F)(F)F)C(F)(F)F.[Li+].[OH-]. The summed E-state index contributed by atoms with van der Waals surface area (Å²) in [7, 11) is 0.869. The van der Waals surface area contributed by atoms with Crippen molar-refractivity contribution in [2.45, 2.75) is 38.0 Å². The van der Waals surface area contributed by atoms with Crippen molar-refractivity contribution in [2.24, 2.45) is 0 Å². The fraction of sp³-hybridized carbons (Fsp3) is 0.818. The summed E-state index contributed by atoms with van der Waals surface area (Å²) in [5, 5.41) is 7.93. The fourth-order valence-corrected chi connectivity index (χ4v) is 1.31. The molecule has 182 valence electrons. The summed E-state index contributed by atoms with van der Waals surface area (Å²) < 4.78 is 145. The first kappa shape index (κ1) is 36.9. The predicted octanol–water partition coefficient (Wildman–Crippen LogP) is 0.521. The van der Waals surface area contributed by atoms with Crippen molar-refractivity contribution in [2.75, 3.05) is 20.2 Å². The van der Waals surface area contributed by atoms with Crippen molar-refractivity contribution in [3.05, 3.63) is 0 Å². The summed E-state index contributed by atoms with van der Waals surface area (Å²) in [6, 6.07) is 0. The molecule has 0 aromatic carbocycles. The van der Waals surface area contributed by atoms with E-state index in [1.165, 1.54) is 0 Å². The van der Waals surface area contributed by atoms with Crippen LogP contribution < -0.4 is 18.9 Å². The van der Waals surface area contributed by atoms with Gasteiger partial charge in [-0.3, -0.25) is 9.59 Å². The number of ether oxygens (including phenoxy) is 1. The van der Waals surface area contributed by atoms with E-state index in [4.69, 9.17) is 5.11 Å². The molecule has 0 rings (SSSR count). The molecule has 0 spiro atoms. The number of methoxy groups -OCH3 is 1. The van der Waals surface area contributed by atoms with Crippen LogP contribution in [0.1, 0.15) is 12.8 Å². The summed E-state index contributed by atoms with van der Waals surface area (Å²) in [5.74, 6) is -2.88. The van der Waals surface area contributed by atoms with Crippen molar-refractivity contribution in [3.63, 3.8) is 0 Å². The van der Waals surface area contributed by atoms with Gasteiger partial charge in [0.2, 0.25) is 0 Å². The molecule has 0 saturated carbocycles. The summed E-state index contributed by atoms with van der Waals surface area (Å²) in [5.41, 5.74) is 0. The zero-order valence-electron chi connectivity index (χ0n) is 15.4. The van der Waals surface area contributed by atoms with Crippen molar-refractivity contribution in [1.29, 1.82) is 0 Å². The van der Waals surface area contributed by atoms with Crippen LogP contribution in [0.4, 0.5) is 52.7 Å². The first-order valence-corrected chi connectivity index (χ1v) is 6.75. The van der Waals surface area contributed by atoms with E-state index in [1.807, 2.05) is 0 Å². The van der Waals surface area contributed by atoms with Gasteiger partial charge in [-0.2, -0.15) is 52.7 Å². The Morgan fingerprint density at radius 1 is 0.710 bits per heavy atom. The van der Waals surface area contributed by atoms with E-state index < -0.39 is 72.9 Å². The molecule has 0 amide bonds. The number of hydrogen-bond donors (Lipinski definition) is 1. The predicted molar refractivity (Wildman–Crippen MR) is 68.5 cm³/mol. The van der Waals surface area contributed by atoms with Gasteiger partial charge in [-0.15, -0.1) is 9.80 Å². The molecule has 0 aliphatic rings. The van der Waals surface area contributed by atoms with Crippen LogP contribution >= 0.6 is 0 Å². The Bertz CT molecular complexity index is 507. The average molecular weight is 488 g/mol. The number of carbonyl (C=O) groups is 2. The van der Waals surface area contributed by atoms with Crippen molar-refractivity contribution < 1.29 is 96.5 Å². The van der Waals surface area contributed by atoms with Crippen LogP contribution in [-0.2, 0) is 14.3 Å². The maximum atomic E-state index is 11.8. The number of esters is 1. The topological polar surface area (TPSA) is 100 Å². The molecule has 0 saturated heterocycles. The maximum absolute atomic E-state index is 11.8. The molecular formula is C11H13F12LiN2O5. The molecule has 31 heavy (non-hydrogen) atoms. The Kier molecular flexibility index (Phi) is 16.5. The normalized spacial score (nSPS) is 12.4. The minimum atomic E-state index is -5.62. The Balaban J connectivity index is -0.000000221. The van der Waals surface area contributed by atoms with Crippen molar-refractivity contribution >= 4 is 11.9 Å².